The fourth-order valence-corrected chi connectivity index (χ4v) is 6.27. The molecule has 0 aliphatic rings. The minimum atomic E-state index is -5.00. The summed E-state index contributed by atoms with van der Waals surface area (Å²) < 4.78 is 42.7. The van der Waals surface area contributed by atoms with Crippen molar-refractivity contribution in [2.45, 2.75) is 205 Å². The van der Waals surface area contributed by atoms with Crippen LogP contribution in [0, 0.1) is 5.41 Å². The molecule has 0 aromatic rings. The summed E-state index contributed by atoms with van der Waals surface area (Å²) in [7, 11) is -5.00. The Morgan fingerprint density at radius 2 is 0.882 bits per heavy atom. The minimum absolute atomic E-state index is 0. The van der Waals surface area contributed by atoms with Crippen molar-refractivity contribution in [3.63, 3.8) is 0 Å². The first-order valence-corrected chi connectivity index (χ1v) is 21.4. The number of ether oxygens (including phenoxy) is 2. The SMILES string of the molecule is CCCCCCCC/C=C\CCCCCCCC(=O)OC(=N)CC(C(=O)OC(=O)CCCCCCC/C=C\CCCCCCCC)S(=O)(=O)O.[H-].[Na+]. The first kappa shape index (κ1) is 51.8. The van der Waals surface area contributed by atoms with Crippen molar-refractivity contribution in [1.29, 1.82) is 5.41 Å². The molecule has 2 N–H and O–H groups in total. The van der Waals surface area contributed by atoms with E-state index in [4.69, 9.17) is 10.1 Å². The van der Waals surface area contributed by atoms with Crippen LogP contribution < -0.4 is 29.6 Å². The molecule has 0 saturated carbocycles. The summed E-state index contributed by atoms with van der Waals surface area (Å²) in [6.07, 6.45) is 36.9. The standard InChI is InChI=1S/C40H71NO8S.Na.H/c1-3-5-7-9-11-13-15-17-19-21-23-25-27-29-31-33-38(42)48-37(41)35-36(50(45,46)47)40(44)49-39(43)34-32-30-28-26-24-22-20-18-16-14-12-10-8-6-4-2;;/h17-20,36,41H,3-16,21-35H2,1-2H3,(H,45,46,47);;/q;+1;-1/b19-17-,20-18-,41-37?;;. The van der Waals surface area contributed by atoms with Crippen molar-refractivity contribution in [3.8, 4) is 0 Å². The third kappa shape index (κ3) is 35.5. The second kappa shape index (κ2) is 37.0. The minimum Gasteiger partial charge on any atom is -1.00 e. The topological polar surface area (TPSA) is 148 Å². The van der Waals surface area contributed by atoms with Gasteiger partial charge in [0.1, 0.15) is 0 Å². The molecule has 0 bridgehead atoms. The van der Waals surface area contributed by atoms with Crippen LogP contribution in [-0.4, -0.2) is 42.0 Å². The van der Waals surface area contributed by atoms with Gasteiger partial charge in [0.2, 0.25) is 0 Å². The Balaban J connectivity index is -0.0000120. The van der Waals surface area contributed by atoms with E-state index < -0.39 is 45.6 Å². The zero-order valence-electron chi connectivity index (χ0n) is 33.6. The van der Waals surface area contributed by atoms with Gasteiger partial charge in [-0.25, -0.2) is 0 Å². The van der Waals surface area contributed by atoms with Gasteiger partial charge in [0.25, 0.3) is 10.1 Å². The fourth-order valence-electron chi connectivity index (χ4n) is 5.62. The first-order chi connectivity index (χ1) is 24.1. The Kier molecular flexibility index (Phi) is 37.6. The number of unbranched alkanes of at least 4 members (excludes halogenated alkanes) is 22. The summed E-state index contributed by atoms with van der Waals surface area (Å²) in [5.41, 5.74) is 0. The molecule has 0 rings (SSSR count). The number of nitrogens with one attached hydrogen (secondary N) is 1. The van der Waals surface area contributed by atoms with Gasteiger partial charge in [-0.05, 0) is 64.2 Å². The summed E-state index contributed by atoms with van der Waals surface area (Å²) in [6, 6.07) is 0. The van der Waals surface area contributed by atoms with Gasteiger partial charge in [-0.3, -0.25) is 24.3 Å². The maximum Gasteiger partial charge on any atom is 1.00 e. The Labute approximate surface area is 335 Å². The van der Waals surface area contributed by atoms with E-state index in [1.807, 2.05) is 0 Å². The number of hydrogen-bond donors (Lipinski definition) is 2. The van der Waals surface area contributed by atoms with Gasteiger partial charge < -0.3 is 10.9 Å². The van der Waals surface area contributed by atoms with Gasteiger partial charge in [0.15, 0.2) is 11.1 Å². The quantitative estimate of drug-likeness (QED) is 0.00974. The van der Waals surface area contributed by atoms with Crippen LogP contribution in [-0.2, 0) is 34.0 Å². The predicted octanol–water partition coefficient (Wildman–Crippen LogP) is 8.41. The van der Waals surface area contributed by atoms with Gasteiger partial charge in [0, 0.05) is 12.8 Å². The van der Waals surface area contributed by atoms with Crippen molar-refractivity contribution in [2.75, 3.05) is 0 Å². The number of esters is 3. The molecule has 1 atom stereocenters. The average Bonchev–Trinajstić information content (AvgIpc) is 3.06. The molecule has 0 heterocycles. The zero-order chi connectivity index (χ0) is 37.1. The van der Waals surface area contributed by atoms with Gasteiger partial charge in [-0.1, -0.05) is 141 Å². The Morgan fingerprint density at radius 1 is 0.569 bits per heavy atom. The molecule has 0 fully saturated rings. The maximum atomic E-state index is 12.4. The Morgan fingerprint density at radius 3 is 1.24 bits per heavy atom. The largest absolute Gasteiger partial charge is 1.00 e. The van der Waals surface area contributed by atoms with Gasteiger partial charge in [0.05, 0.1) is 6.42 Å². The molecular weight excluding hydrogens is 677 g/mol. The molecule has 292 valence electrons. The van der Waals surface area contributed by atoms with Crippen molar-refractivity contribution in [3.05, 3.63) is 24.3 Å². The molecule has 11 heteroatoms. The van der Waals surface area contributed by atoms with Crippen molar-refractivity contribution in [2.24, 2.45) is 0 Å². The van der Waals surface area contributed by atoms with E-state index in [1.54, 1.807) is 0 Å². The third-order valence-corrected chi connectivity index (χ3v) is 9.81. The molecule has 0 aliphatic heterocycles. The molecule has 0 aliphatic carbocycles. The van der Waals surface area contributed by atoms with Gasteiger partial charge >= 0.3 is 47.5 Å². The number of carbonyl (C=O) groups excluding carboxylic acids is 3. The van der Waals surface area contributed by atoms with Crippen LogP contribution >= 0.6 is 0 Å². The van der Waals surface area contributed by atoms with Crippen LogP contribution in [0.3, 0.4) is 0 Å². The van der Waals surface area contributed by atoms with Crippen LogP contribution in [0.2, 0.25) is 0 Å². The molecule has 0 aromatic carbocycles. The van der Waals surface area contributed by atoms with Crippen molar-refractivity contribution < 1.29 is 67.8 Å². The molecule has 0 saturated heterocycles. The summed E-state index contributed by atoms with van der Waals surface area (Å²) in [6.45, 7) is 4.46. The van der Waals surface area contributed by atoms with Crippen LogP contribution in [0.1, 0.15) is 201 Å². The summed E-state index contributed by atoms with van der Waals surface area (Å²) in [4.78, 5) is 36.6. The van der Waals surface area contributed by atoms with Crippen LogP contribution in [0.25, 0.3) is 0 Å². The van der Waals surface area contributed by atoms with Crippen LogP contribution in [0.15, 0.2) is 24.3 Å². The normalized spacial score (nSPS) is 12.2. The summed E-state index contributed by atoms with van der Waals surface area (Å²) in [5.74, 6) is -3.88. The molecule has 1 unspecified atom stereocenters. The first-order valence-electron chi connectivity index (χ1n) is 19.9. The van der Waals surface area contributed by atoms with E-state index in [9.17, 15) is 27.4 Å². The number of carbonyl (C=O) groups is 3. The van der Waals surface area contributed by atoms with Crippen LogP contribution in [0.5, 0.6) is 0 Å². The van der Waals surface area contributed by atoms with Gasteiger partial charge in [-0.2, -0.15) is 8.42 Å². The Bertz CT molecular complexity index is 1070. The van der Waals surface area contributed by atoms with E-state index in [0.717, 1.165) is 77.0 Å². The fraction of sp³-hybridized carbons (Fsp3) is 0.800. The maximum absolute atomic E-state index is 12.4. The van der Waals surface area contributed by atoms with E-state index in [-0.39, 0.29) is 43.8 Å². The second-order valence-electron chi connectivity index (χ2n) is 13.6. The Hall–Kier alpha value is -1.33. The third-order valence-electron chi connectivity index (χ3n) is 8.73. The molecular formula is C40H72NNaO8S. The van der Waals surface area contributed by atoms with E-state index in [0.29, 0.717) is 12.8 Å². The van der Waals surface area contributed by atoms with Gasteiger partial charge in [-0.15, -0.1) is 0 Å². The zero-order valence-corrected chi connectivity index (χ0v) is 35.4. The van der Waals surface area contributed by atoms with E-state index in [1.165, 1.54) is 77.0 Å². The van der Waals surface area contributed by atoms with E-state index >= 15 is 0 Å². The number of allylic oxidation sites excluding steroid dienone is 4. The molecule has 0 aromatic heterocycles. The summed E-state index contributed by atoms with van der Waals surface area (Å²) in [5, 5.41) is 5.63. The molecule has 0 amide bonds. The van der Waals surface area contributed by atoms with Crippen molar-refractivity contribution >= 4 is 33.9 Å². The van der Waals surface area contributed by atoms with E-state index in [2.05, 4.69) is 42.9 Å². The smallest absolute Gasteiger partial charge is 1.00 e. The van der Waals surface area contributed by atoms with Crippen LogP contribution in [0.4, 0.5) is 0 Å². The summed E-state index contributed by atoms with van der Waals surface area (Å²) >= 11 is 0. The second-order valence-corrected chi connectivity index (χ2v) is 15.2. The molecule has 51 heavy (non-hydrogen) atoms. The number of rotatable bonds is 34. The molecule has 0 radical (unpaired) electrons. The van der Waals surface area contributed by atoms with Crippen molar-refractivity contribution in [1.82, 2.24) is 0 Å². The molecule has 9 nitrogen and oxygen atoms in total. The monoisotopic (exact) mass is 749 g/mol. The number of hydrogen-bond acceptors (Lipinski definition) is 8. The predicted molar refractivity (Wildman–Crippen MR) is 205 cm³/mol. The average molecular weight is 750 g/mol. The molecule has 0 spiro atoms.